The maximum atomic E-state index is 5.59. The van der Waals surface area contributed by atoms with Gasteiger partial charge in [-0.15, -0.1) is 0 Å². The number of hydrazone groups is 1. The molecule has 1 fully saturated rings. The van der Waals surface area contributed by atoms with Gasteiger partial charge in [0.25, 0.3) is 0 Å². The number of likely N-dealkylation sites (tertiary alicyclic amines) is 1. The molecule has 1 aliphatic rings. The third kappa shape index (κ3) is 5.26. The van der Waals surface area contributed by atoms with Crippen molar-refractivity contribution in [3.8, 4) is 5.75 Å². The number of hydrogen-bond donors (Lipinski definition) is 2. The van der Waals surface area contributed by atoms with Crippen molar-refractivity contribution in [2.24, 2.45) is 5.10 Å². The average Bonchev–Trinajstić information content (AvgIpc) is 2.66. The molecule has 0 atom stereocenters. The Balaban J connectivity index is 1.77. The van der Waals surface area contributed by atoms with Gasteiger partial charge >= 0.3 is 0 Å². The van der Waals surface area contributed by atoms with Crippen LogP contribution in [-0.2, 0) is 6.54 Å². The number of piperidine rings is 1. The molecular weight excluding hydrogens is 338 g/mol. The Kier molecular flexibility index (Phi) is 6.40. The lowest BCUT2D eigenvalue weighted by atomic mass is 10.0. The van der Waals surface area contributed by atoms with E-state index in [2.05, 4.69) is 32.6 Å². The highest BCUT2D eigenvalue weighted by atomic mass is 16.5. The first-order valence-corrected chi connectivity index (χ1v) is 9.68. The molecule has 0 amide bonds. The third-order valence-electron chi connectivity index (χ3n) is 5.01. The van der Waals surface area contributed by atoms with Crippen molar-refractivity contribution >= 4 is 11.7 Å². The van der Waals surface area contributed by atoms with E-state index in [9.17, 15) is 0 Å². The topological polar surface area (TPSA) is 63.8 Å². The van der Waals surface area contributed by atoms with Crippen LogP contribution in [0, 0.1) is 13.8 Å². The van der Waals surface area contributed by atoms with Crippen LogP contribution in [0.5, 0.6) is 5.75 Å². The summed E-state index contributed by atoms with van der Waals surface area (Å²) in [5, 5.41) is 4.48. The van der Waals surface area contributed by atoms with E-state index < -0.39 is 0 Å². The maximum absolute atomic E-state index is 5.59. The van der Waals surface area contributed by atoms with Gasteiger partial charge in [0, 0.05) is 17.0 Å². The van der Waals surface area contributed by atoms with Crippen LogP contribution in [0.15, 0.2) is 29.4 Å². The second-order valence-electron chi connectivity index (χ2n) is 7.30. The van der Waals surface area contributed by atoms with Crippen molar-refractivity contribution in [1.82, 2.24) is 9.97 Å². The summed E-state index contributed by atoms with van der Waals surface area (Å²) in [6.07, 6.45) is 3.99. The minimum Gasteiger partial charge on any atom is -0.496 e. The quantitative estimate of drug-likeness (QED) is 0.607. The fraction of sp³-hybridized carbons (Fsp3) is 0.476. The average molecular weight is 369 g/mol. The zero-order chi connectivity index (χ0) is 19.2. The normalized spacial score (nSPS) is 15.6. The van der Waals surface area contributed by atoms with Crippen molar-refractivity contribution in [1.29, 1.82) is 0 Å². The van der Waals surface area contributed by atoms with Crippen molar-refractivity contribution in [3.63, 3.8) is 0 Å². The summed E-state index contributed by atoms with van der Waals surface area (Å²) in [7, 11) is 1.74. The number of ether oxygens (including phenoxy) is 1. The fourth-order valence-corrected chi connectivity index (χ4v) is 3.61. The van der Waals surface area contributed by atoms with E-state index in [1.807, 2.05) is 32.9 Å². The first kappa shape index (κ1) is 19.3. The van der Waals surface area contributed by atoms with Crippen molar-refractivity contribution < 1.29 is 9.64 Å². The smallest absolute Gasteiger partial charge is 0.243 e. The standard InChI is InChI=1S/C21H29N5O/c1-15-12-16(2)23-21(22-15)25-24-17(3)18-8-9-20(27-4)19(13-18)14-26-10-6-5-7-11-26/h8-9,12-13H,5-7,10-11,14H2,1-4H3,(H,22,23,25)/p+1/b24-17-. The molecule has 2 heterocycles. The van der Waals surface area contributed by atoms with E-state index in [1.54, 1.807) is 12.0 Å². The van der Waals surface area contributed by atoms with Crippen molar-refractivity contribution in [2.75, 3.05) is 25.6 Å². The number of quaternary nitrogens is 1. The van der Waals surface area contributed by atoms with E-state index in [0.29, 0.717) is 5.95 Å². The molecule has 0 aliphatic carbocycles. The summed E-state index contributed by atoms with van der Waals surface area (Å²) in [6.45, 7) is 9.38. The van der Waals surface area contributed by atoms with Crippen LogP contribution in [0.25, 0.3) is 0 Å². The summed E-state index contributed by atoms with van der Waals surface area (Å²) in [5.41, 5.74) is 8.05. The summed E-state index contributed by atoms with van der Waals surface area (Å²) in [5.74, 6) is 1.48. The Labute approximate surface area is 161 Å². The number of benzene rings is 1. The molecule has 2 aromatic rings. The van der Waals surface area contributed by atoms with E-state index >= 15 is 0 Å². The molecule has 1 aromatic carbocycles. The predicted molar refractivity (Wildman–Crippen MR) is 109 cm³/mol. The molecule has 1 saturated heterocycles. The fourth-order valence-electron chi connectivity index (χ4n) is 3.61. The number of nitrogens with one attached hydrogen (secondary N) is 2. The molecule has 0 radical (unpaired) electrons. The molecule has 0 unspecified atom stereocenters. The van der Waals surface area contributed by atoms with Crippen LogP contribution in [-0.4, -0.2) is 35.9 Å². The lowest BCUT2D eigenvalue weighted by Gasteiger charge is -2.24. The summed E-state index contributed by atoms with van der Waals surface area (Å²) < 4.78 is 5.59. The minimum atomic E-state index is 0.526. The Hall–Kier alpha value is -2.47. The van der Waals surface area contributed by atoms with Gasteiger partial charge in [0.05, 0.1) is 25.9 Å². The third-order valence-corrected chi connectivity index (χ3v) is 5.01. The van der Waals surface area contributed by atoms with Gasteiger partial charge in [0.15, 0.2) is 0 Å². The van der Waals surface area contributed by atoms with Gasteiger partial charge in [0.2, 0.25) is 5.95 Å². The number of hydrogen-bond acceptors (Lipinski definition) is 5. The van der Waals surface area contributed by atoms with E-state index in [1.165, 1.54) is 37.9 Å². The van der Waals surface area contributed by atoms with Gasteiger partial charge in [-0.05, 0) is 69.9 Å². The monoisotopic (exact) mass is 368 g/mol. The number of anilines is 1. The molecule has 1 aromatic heterocycles. The lowest BCUT2D eigenvalue weighted by molar-refractivity contribution is -0.918. The number of aryl methyl sites for hydroxylation is 2. The Morgan fingerprint density at radius 3 is 2.48 bits per heavy atom. The Morgan fingerprint density at radius 1 is 1.11 bits per heavy atom. The Morgan fingerprint density at radius 2 is 1.81 bits per heavy atom. The number of aromatic nitrogens is 2. The molecule has 6 heteroatoms. The molecule has 0 bridgehead atoms. The highest BCUT2D eigenvalue weighted by Gasteiger charge is 2.17. The summed E-state index contributed by atoms with van der Waals surface area (Å²) in [4.78, 5) is 10.4. The molecule has 1 aliphatic heterocycles. The van der Waals surface area contributed by atoms with E-state index in [0.717, 1.165) is 35.0 Å². The van der Waals surface area contributed by atoms with Crippen LogP contribution in [0.1, 0.15) is 48.7 Å². The zero-order valence-electron chi connectivity index (χ0n) is 16.8. The number of nitrogens with zero attached hydrogens (tertiary/aromatic N) is 3. The second-order valence-corrected chi connectivity index (χ2v) is 7.30. The SMILES string of the molecule is COc1ccc(/C(C)=N\Nc2nc(C)cc(C)n2)cc1C[NH+]1CCCCC1. The molecule has 144 valence electrons. The van der Waals surface area contributed by atoms with Crippen LogP contribution < -0.4 is 15.1 Å². The predicted octanol–water partition coefficient (Wildman–Crippen LogP) is 2.51. The van der Waals surface area contributed by atoms with Crippen LogP contribution >= 0.6 is 0 Å². The molecule has 0 saturated carbocycles. The van der Waals surface area contributed by atoms with Crippen LogP contribution in [0.3, 0.4) is 0 Å². The zero-order valence-corrected chi connectivity index (χ0v) is 16.8. The first-order valence-electron chi connectivity index (χ1n) is 9.68. The van der Waals surface area contributed by atoms with Crippen LogP contribution in [0.2, 0.25) is 0 Å². The van der Waals surface area contributed by atoms with E-state index in [-0.39, 0.29) is 0 Å². The number of rotatable bonds is 6. The van der Waals surface area contributed by atoms with E-state index in [4.69, 9.17) is 4.74 Å². The second kappa shape index (κ2) is 8.95. The molecule has 3 rings (SSSR count). The summed E-state index contributed by atoms with van der Waals surface area (Å²) >= 11 is 0. The van der Waals surface area contributed by atoms with Crippen molar-refractivity contribution in [3.05, 3.63) is 46.8 Å². The molecule has 0 spiro atoms. The highest BCUT2D eigenvalue weighted by molar-refractivity contribution is 5.99. The first-order chi connectivity index (χ1) is 13.0. The van der Waals surface area contributed by atoms with Crippen LogP contribution in [0.4, 0.5) is 5.95 Å². The van der Waals surface area contributed by atoms with Gasteiger partial charge < -0.3 is 9.64 Å². The van der Waals surface area contributed by atoms with Crippen molar-refractivity contribution in [2.45, 2.75) is 46.6 Å². The summed E-state index contributed by atoms with van der Waals surface area (Å²) in [6, 6.07) is 8.24. The largest absolute Gasteiger partial charge is 0.496 e. The Bertz CT molecular complexity index is 792. The van der Waals surface area contributed by atoms with Gasteiger partial charge in [-0.1, -0.05) is 0 Å². The van der Waals surface area contributed by atoms with Gasteiger partial charge in [0.1, 0.15) is 12.3 Å². The molecule has 2 N–H and O–H groups in total. The molecule has 27 heavy (non-hydrogen) atoms. The van der Waals surface area contributed by atoms with Gasteiger partial charge in [-0.3, -0.25) is 0 Å². The molecular formula is C21H30N5O+. The van der Waals surface area contributed by atoms with Gasteiger partial charge in [-0.25, -0.2) is 15.4 Å². The number of methoxy groups -OCH3 is 1. The van der Waals surface area contributed by atoms with Gasteiger partial charge in [-0.2, -0.15) is 5.10 Å². The lowest BCUT2D eigenvalue weighted by Crippen LogP contribution is -3.11. The highest BCUT2D eigenvalue weighted by Crippen LogP contribution is 2.20. The minimum absolute atomic E-state index is 0.526. The maximum Gasteiger partial charge on any atom is 0.243 e. The molecule has 6 nitrogen and oxygen atoms in total.